The minimum atomic E-state index is -4.36. The summed E-state index contributed by atoms with van der Waals surface area (Å²) in [6, 6.07) is 0. The van der Waals surface area contributed by atoms with E-state index in [1.54, 1.807) is 13.8 Å². The number of aliphatic carboxylic acids is 1. The van der Waals surface area contributed by atoms with E-state index < -0.39 is 29.4 Å². The van der Waals surface area contributed by atoms with Gasteiger partial charge in [0.2, 0.25) is 0 Å². The number of halogens is 3. The van der Waals surface area contributed by atoms with Gasteiger partial charge in [-0.3, -0.25) is 4.79 Å². The minimum Gasteiger partial charge on any atom is -0.481 e. The smallest absolute Gasteiger partial charge is 0.409 e. The average Bonchev–Trinajstić information content (AvgIpc) is 2.47. The summed E-state index contributed by atoms with van der Waals surface area (Å²) in [5.41, 5.74) is -0.562. The minimum absolute atomic E-state index is 0.113. The van der Waals surface area contributed by atoms with Crippen molar-refractivity contribution >= 4 is 5.97 Å². The molecule has 0 aromatic carbocycles. The number of alkyl halides is 3. The molecule has 1 aliphatic carbocycles. The van der Waals surface area contributed by atoms with Gasteiger partial charge in [0.1, 0.15) is 0 Å². The second kappa shape index (κ2) is 3.00. The van der Waals surface area contributed by atoms with Crippen molar-refractivity contribution in [3.63, 3.8) is 0 Å². The molecule has 1 rings (SSSR count). The van der Waals surface area contributed by atoms with Gasteiger partial charge in [-0.05, 0) is 11.3 Å². The van der Waals surface area contributed by atoms with E-state index in [2.05, 4.69) is 0 Å². The van der Waals surface area contributed by atoms with E-state index in [1.807, 2.05) is 0 Å². The number of rotatable bonds is 2. The van der Waals surface area contributed by atoms with Crippen molar-refractivity contribution in [1.82, 2.24) is 0 Å². The normalized spacial score (nSPS) is 30.6. The zero-order valence-electron chi connectivity index (χ0n) is 7.80. The summed E-state index contributed by atoms with van der Waals surface area (Å²) >= 11 is 0. The monoisotopic (exact) mass is 208 g/mol. The Kier molecular flexibility index (Phi) is 2.37. The lowest BCUT2D eigenvalue weighted by atomic mass is 10.1. The van der Waals surface area contributed by atoms with Gasteiger partial charge in [0.15, 0.2) is 0 Å². The largest absolute Gasteiger partial charge is 0.481 e. The third-order valence-electron chi connectivity index (χ3n) is 2.67. The molecule has 0 bridgehead atoms. The highest BCUT2D eigenvalue weighted by atomic mass is 19.4. The van der Waals surface area contributed by atoms with Crippen molar-refractivity contribution in [1.29, 1.82) is 0 Å². The first-order chi connectivity index (χ1) is 6.16. The molecule has 2 nitrogen and oxygen atoms in total. The molecule has 0 spiro atoms. The first-order valence-electron chi connectivity index (χ1n) is 4.15. The molecule has 1 aliphatic rings. The molecular weight excluding hydrogens is 197 g/mol. The third-order valence-corrected chi connectivity index (χ3v) is 2.67. The summed E-state index contributed by atoms with van der Waals surface area (Å²) < 4.78 is 35.4. The Balaban J connectivity index is 2.67. The lowest BCUT2D eigenvalue weighted by Gasteiger charge is -1.98. The summed E-state index contributed by atoms with van der Waals surface area (Å²) in [4.78, 5) is 10.6. The van der Waals surface area contributed by atoms with Crippen molar-refractivity contribution in [2.45, 2.75) is 20.0 Å². The van der Waals surface area contributed by atoms with Crippen molar-refractivity contribution in [3.8, 4) is 0 Å². The van der Waals surface area contributed by atoms with E-state index in [-0.39, 0.29) is 6.08 Å². The molecule has 0 aromatic heterocycles. The number of hydrogen-bond donors (Lipinski definition) is 1. The van der Waals surface area contributed by atoms with Crippen LogP contribution in [-0.4, -0.2) is 17.3 Å². The zero-order valence-corrected chi connectivity index (χ0v) is 7.80. The van der Waals surface area contributed by atoms with Crippen LogP contribution in [0.1, 0.15) is 13.8 Å². The predicted octanol–water partition coefficient (Wildman–Crippen LogP) is 2.46. The quantitative estimate of drug-likeness (QED) is 0.708. The van der Waals surface area contributed by atoms with E-state index in [9.17, 15) is 18.0 Å². The van der Waals surface area contributed by atoms with E-state index in [4.69, 9.17) is 5.11 Å². The van der Waals surface area contributed by atoms with Crippen LogP contribution < -0.4 is 0 Å². The second-order valence-corrected chi connectivity index (χ2v) is 4.06. The Morgan fingerprint density at radius 1 is 1.43 bits per heavy atom. The predicted molar refractivity (Wildman–Crippen MR) is 43.6 cm³/mol. The Labute approximate surface area is 79.4 Å². The molecular formula is C9H11F3O2. The van der Waals surface area contributed by atoms with Crippen molar-refractivity contribution in [3.05, 3.63) is 12.2 Å². The lowest BCUT2D eigenvalue weighted by Crippen LogP contribution is -2.03. The Hall–Kier alpha value is -1.00. The fourth-order valence-electron chi connectivity index (χ4n) is 1.72. The van der Waals surface area contributed by atoms with Crippen LogP contribution in [0.4, 0.5) is 13.2 Å². The molecule has 0 unspecified atom stereocenters. The van der Waals surface area contributed by atoms with Gasteiger partial charge in [-0.15, -0.1) is 0 Å². The lowest BCUT2D eigenvalue weighted by molar-refractivity contribution is -0.139. The fourth-order valence-corrected chi connectivity index (χ4v) is 1.72. The topological polar surface area (TPSA) is 37.3 Å². The molecule has 5 heteroatoms. The molecule has 1 N–H and O–H groups in total. The second-order valence-electron chi connectivity index (χ2n) is 4.06. The number of carbonyl (C=O) groups is 1. The highest BCUT2D eigenvalue weighted by Crippen LogP contribution is 2.59. The first kappa shape index (κ1) is 11.1. The molecule has 0 radical (unpaired) electrons. The fraction of sp³-hybridized carbons (Fsp3) is 0.667. The van der Waals surface area contributed by atoms with Crippen LogP contribution in [0.15, 0.2) is 12.2 Å². The van der Waals surface area contributed by atoms with Crippen LogP contribution in [0.2, 0.25) is 0 Å². The SMILES string of the molecule is CC1(C)[C@H](C=CC(F)(F)F)[C@@H]1C(=O)O. The van der Waals surface area contributed by atoms with Crippen molar-refractivity contribution in [2.75, 3.05) is 0 Å². The standard InChI is InChI=1S/C9H11F3O2/c1-8(2)5(6(8)7(13)14)3-4-9(10,11)12/h3-6H,1-2H3,(H,13,14)/t5-,6-/m1/s1. The van der Waals surface area contributed by atoms with Crippen LogP contribution in [0, 0.1) is 17.3 Å². The highest BCUT2D eigenvalue weighted by Gasteiger charge is 2.60. The highest BCUT2D eigenvalue weighted by molar-refractivity contribution is 5.76. The molecule has 0 amide bonds. The number of hydrogen-bond acceptors (Lipinski definition) is 1. The van der Waals surface area contributed by atoms with Gasteiger partial charge in [-0.1, -0.05) is 19.9 Å². The summed E-state index contributed by atoms with van der Waals surface area (Å²) in [7, 11) is 0. The molecule has 0 aliphatic heterocycles. The summed E-state index contributed by atoms with van der Waals surface area (Å²) in [5, 5.41) is 8.67. The molecule has 1 saturated carbocycles. The van der Waals surface area contributed by atoms with Crippen molar-refractivity contribution < 1.29 is 23.1 Å². The van der Waals surface area contributed by atoms with Crippen LogP contribution >= 0.6 is 0 Å². The maximum Gasteiger partial charge on any atom is 0.409 e. The van der Waals surface area contributed by atoms with Crippen LogP contribution in [0.3, 0.4) is 0 Å². The van der Waals surface area contributed by atoms with Gasteiger partial charge in [0.25, 0.3) is 0 Å². The Morgan fingerprint density at radius 2 is 1.93 bits per heavy atom. The summed E-state index contributed by atoms with van der Waals surface area (Å²) in [6.07, 6.45) is -3.30. The molecule has 1 fully saturated rings. The molecule has 0 saturated heterocycles. The number of carboxylic acids is 1. The van der Waals surface area contributed by atoms with E-state index in [1.165, 1.54) is 0 Å². The van der Waals surface area contributed by atoms with E-state index in [0.29, 0.717) is 0 Å². The maximum absolute atomic E-state index is 11.8. The van der Waals surface area contributed by atoms with Crippen LogP contribution in [-0.2, 0) is 4.79 Å². The molecule has 0 aromatic rings. The van der Waals surface area contributed by atoms with Gasteiger partial charge in [-0.25, -0.2) is 0 Å². The van der Waals surface area contributed by atoms with Gasteiger partial charge < -0.3 is 5.11 Å². The molecule has 80 valence electrons. The van der Waals surface area contributed by atoms with E-state index >= 15 is 0 Å². The van der Waals surface area contributed by atoms with Gasteiger partial charge in [-0.2, -0.15) is 13.2 Å². The van der Waals surface area contributed by atoms with Crippen LogP contribution in [0.5, 0.6) is 0 Å². The number of carboxylic acid groups (broad SMARTS) is 1. The third kappa shape index (κ3) is 2.08. The average molecular weight is 208 g/mol. The molecule has 0 heterocycles. The van der Waals surface area contributed by atoms with Crippen molar-refractivity contribution in [2.24, 2.45) is 17.3 Å². The molecule has 2 atom stereocenters. The van der Waals surface area contributed by atoms with Gasteiger partial charge in [0, 0.05) is 6.08 Å². The van der Waals surface area contributed by atoms with Crippen LogP contribution in [0.25, 0.3) is 0 Å². The Morgan fingerprint density at radius 3 is 2.21 bits per heavy atom. The molecule has 14 heavy (non-hydrogen) atoms. The van der Waals surface area contributed by atoms with Gasteiger partial charge >= 0.3 is 12.1 Å². The zero-order chi connectivity index (χ0) is 11.1. The maximum atomic E-state index is 11.8. The summed E-state index contributed by atoms with van der Waals surface area (Å²) in [6.45, 7) is 3.30. The Bertz CT molecular complexity index is 278. The van der Waals surface area contributed by atoms with Gasteiger partial charge in [0.05, 0.1) is 5.92 Å². The summed E-state index contributed by atoms with van der Waals surface area (Å²) in [5.74, 6) is -2.24. The first-order valence-corrected chi connectivity index (χ1v) is 4.15. The van der Waals surface area contributed by atoms with E-state index in [0.717, 1.165) is 6.08 Å². The number of allylic oxidation sites excluding steroid dienone is 2.